The molecule has 30 heavy (non-hydrogen) atoms. The van der Waals surface area contributed by atoms with Gasteiger partial charge in [0.25, 0.3) is 5.69 Å². The third kappa shape index (κ3) is 6.37. The van der Waals surface area contributed by atoms with Crippen LogP contribution in [0.15, 0.2) is 70.7 Å². The van der Waals surface area contributed by atoms with Crippen molar-refractivity contribution in [3.8, 4) is 0 Å². The van der Waals surface area contributed by atoms with Gasteiger partial charge in [-0.25, -0.2) is 0 Å². The highest BCUT2D eigenvalue weighted by molar-refractivity contribution is 7.98. The van der Waals surface area contributed by atoms with E-state index >= 15 is 0 Å². The first kappa shape index (κ1) is 22.4. The van der Waals surface area contributed by atoms with Crippen LogP contribution in [0.2, 0.25) is 15.1 Å². The summed E-state index contributed by atoms with van der Waals surface area (Å²) in [7, 11) is 0. The minimum atomic E-state index is -0.407. The number of oxime groups is 1. The molecule has 0 unspecified atom stereocenters. The Morgan fingerprint density at radius 3 is 2.43 bits per heavy atom. The molecule has 0 saturated carbocycles. The molecule has 0 aliphatic heterocycles. The van der Waals surface area contributed by atoms with Gasteiger partial charge in [0.15, 0.2) is 0 Å². The number of halogens is 3. The summed E-state index contributed by atoms with van der Waals surface area (Å²) < 4.78 is 0. The number of thioether (sulfide) groups is 1. The molecule has 0 aliphatic carbocycles. The first-order chi connectivity index (χ1) is 14.4. The Morgan fingerprint density at radius 1 is 1.00 bits per heavy atom. The van der Waals surface area contributed by atoms with Crippen LogP contribution in [-0.2, 0) is 17.2 Å². The monoisotopic (exact) mass is 480 g/mol. The highest BCUT2D eigenvalue weighted by atomic mass is 35.5. The van der Waals surface area contributed by atoms with E-state index in [1.165, 1.54) is 24.0 Å². The van der Waals surface area contributed by atoms with Crippen LogP contribution in [0.1, 0.15) is 16.7 Å². The Morgan fingerprint density at radius 2 is 1.73 bits per heavy atom. The van der Waals surface area contributed by atoms with E-state index in [1.807, 2.05) is 12.1 Å². The molecule has 154 valence electrons. The molecule has 0 spiro atoms. The van der Waals surface area contributed by atoms with Gasteiger partial charge < -0.3 is 4.84 Å². The van der Waals surface area contributed by atoms with E-state index in [9.17, 15) is 10.1 Å². The van der Waals surface area contributed by atoms with Gasteiger partial charge in [-0.1, -0.05) is 64.2 Å². The minimum absolute atomic E-state index is 0.0126. The van der Waals surface area contributed by atoms with Crippen LogP contribution >= 0.6 is 46.6 Å². The molecule has 0 heterocycles. The normalized spacial score (nSPS) is 11.0. The Balaban J connectivity index is 1.64. The number of hydrogen-bond acceptors (Lipinski definition) is 5. The predicted molar refractivity (Wildman–Crippen MR) is 123 cm³/mol. The second-order valence-corrected chi connectivity index (χ2v) is 8.44. The largest absolute Gasteiger partial charge is 0.391 e. The highest BCUT2D eigenvalue weighted by Crippen LogP contribution is 2.32. The summed E-state index contributed by atoms with van der Waals surface area (Å²) in [6.45, 7) is 0.156. The molecule has 0 N–H and O–H groups in total. The van der Waals surface area contributed by atoms with Gasteiger partial charge in [-0.15, -0.1) is 11.8 Å². The molecule has 5 nitrogen and oxygen atoms in total. The topological polar surface area (TPSA) is 64.7 Å². The molecular weight excluding hydrogens is 467 g/mol. The van der Waals surface area contributed by atoms with Gasteiger partial charge in [0.2, 0.25) is 0 Å². The van der Waals surface area contributed by atoms with Gasteiger partial charge in [-0.3, -0.25) is 10.1 Å². The molecule has 0 atom stereocenters. The molecule has 0 aliphatic rings. The molecule has 3 aromatic carbocycles. The molecule has 9 heteroatoms. The number of nitrogens with zero attached hydrogens (tertiary/aromatic N) is 2. The van der Waals surface area contributed by atoms with Gasteiger partial charge in [0, 0.05) is 38.0 Å². The maximum atomic E-state index is 11.5. The highest BCUT2D eigenvalue weighted by Gasteiger charge is 2.15. The lowest BCUT2D eigenvalue weighted by Crippen LogP contribution is -1.94. The van der Waals surface area contributed by atoms with Crippen molar-refractivity contribution < 1.29 is 9.76 Å². The maximum Gasteiger partial charge on any atom is 0.283 e. The number of benzene rings is 3. The fourth-order valence-corrected chi connectivity index (χ4v) is 4.01. The average molecular weight is 482 g/mol. The van der Waals surface area contributed by atoms with Crippen molar-refractivity contribution in [2.45, 2.75) is 17.3 Å². The Hall–Kier alpha value is -2.25. The van der Waals surface area contributed by atoms with Crippen molar-refractivity contribution in [3.63, 3.8) is 0 Å². The zero-order valence-electron chi connectivity index (χ0n) is 15.4. The zero-order valence-corrected chi connectivity index (χ0v) is 18.5. The third-order valence-corrected chi connectivity index (χ3v) is 5.97. The standard InChI is InChI=1S/C21H15Cl3N2O3S/c22-17-5-1-14(2-6-17)13-30-21-8-3-15(9-20(21)26(27)28)11-25-29-12-16-4-7-18(23)10-19(16)24/h1-11H,12-13H2/b25-11-. The van der Waals surface area contributed by atoms with Crippen LogP contribution in [0.4, 0.5) is 5.69 Å². The first-order valence-electron chi connectivity index (χ1n) is 8.67. The Kier molecular flexibility index (Phi) is 7.99. The Labute approximate surface area is 192 Å². The van der Waals surface area contributed by atoms with E-state index in [2.05, 4.69) is 5.16 Å². The second kappa shape index (κ2) is 10.7. The smallest absolute Gasteiger partial charge is 0.283 e. The summed E-state index contributed by atoms with van der Waals surface area (Å²) in [6, 6.07) is 17.4. The lowest BCUT2D eigenvalue weighted by Gasteiger charge is -2.05. The lowest BCUT2D eigenvalue weighted by molar-refractivity contribution is -0.387. The first-order valence-corrected chi connectivity index (χ1v) is 10.8. The van der Waals surface area contributed by atoms with E-state index < -0.39 is 4.92 Å². The molecule has 0 saturated heterocycles. The molecular formula is C21H15Cl3N2O3S. The van der Waals surface area contributed by atoms with Crippen molar-refractivity contribution in [2.24, 2.45) is 5.16 Å². The van der Waals surface area contributed by atoms with Crippen LogP contribution in [0.5, 0.6) is 0 Å². The van der Waals surface area contributed by atoms with Crippen LogP contribution < -0.4 is 0 Å². The SMILES string of the molecule is O=[N+]([O-])c1cc(/C=N\OCc2ccc(Cl)cc2Cl)ccc1SCc1ccc(Cl)cc1. The van der Waals surface area contributed by atoms with Gasteiger partial charge >= 0.3 is 0 Å². The molecule has 0 amide bonds. The summed E-state index contributed by atoms with van der Waals surface area (Å²) >= 11 is 19.2. The van der Waals surface area contributed by atoms with Crippen LogP contribution in [0.3, 0.4) is 0 Å². The van der Waals surface area contributed by atoms with Crippen molar-refractivity contribution in [3.05, 3.63) is 103 Å². The fourth-order valence-electron chi connectivity index (χ4n) is 2.46. The number of nitro benzene ring substituents is 1. The van der Waals surface area contributed by atoms with Crippen molar-refractivity contribution in [1.82, 2.24) is 0 Å². The molecule has 0 fully saturated rings. The van der Waals surface area contributed by atoms with Crippen molar-refractivity contribution in [2.75, 3.05) is 0 Å². The summed E-state index contributed by atoms with van der Waals surface area (Å²) in [5.74, 6) is 0.594. The van der Waals surface area contributed by atoms with E-state index in [0.29, 0.717) is 31.3 Å². The second-order valence-electron chi connectivity index (χ2n) is 6.14. The number of hydrogen-bond donors (Lipinski definition) is 0. The summed E-state index contributed by atoms with van der Waals surface area (Å²) in [6.07, 6.45) is 1.42. The predicted octanol–water partition coefficient (Wildman–Crippen LogP) is 7.40. The molecule has 0 radical (unpaired) electrons. The quantitative estimate of drug-likeness (QED) is 0.145. The number of rotatable bonds is 8. The average Bonchev–Trinajstić information content (AvgIpc) is 2.72. The molecule has 0 bridgehead atoms. The third-order valence-electron chi connectivity index (χ3n) is 4.00. The molecule has 0 aromatic heterocycles. The summed E-state index contributed by atoms with van der Waals surface area (Å²) in [5, 5.41) is 17.0. The van der Waals surface area contributed by atoms with Crippen molar-refractivity contribution in [1.29, 1.82) is 0 Å². The van der Waals surface area contributed by atoms with Crippen LogP contribution in [0.25, 0.3) is 0 Å². The van der Waals surface area contributed by atoms with Crippen LogP contribution in [0, 0.1) is 10.1 Å². The van der Waals surface area contributed by atoms with Gasteiger partial charge in [-0.05, 0) is 35.9 Å². The molecule has 3 aromatic rings. The Bertz CT molecular complexity index is 1080. The number of nitro groups is 1. The maximum absolute atomic E-state index is 11.5. The zero-order chi connectivity index (χ0) is 21.5. The fraction of sp³-hybridized carbons (Fsp3) is 0.0952. The van der Waals surface area contributed by atoms with E-state index in [0.717, 1.165) is 11.1 Å². The van der Waals surface area contributed by atoms with E-state index in [-0.39, 0.29) is 12.3 Å². The summed E-state index contributed by atoms with van der Waals surface area (Å²) in [5.41, 5.74) is 2.33. The minimum Gasteiger partial charge on any atom is -0.391 e. The van der Waals surface area contributed by atoms with Gasteiger partial charge in [0.1, 0.15) is 6.61 Å². The summed E-state index contributed by atoms with van der Waals surface area (Å²) in [4.78, 5) is 16.9. The van der Waals surface area contributed by atoms with Gasteiger partial charge in [-0.2, -0.15) is 0 Å². The molecule has 3 rings (SSSR count). The lowest BCUT2D eigenvalue weighted by atomic mass is 10.2. The van der Waals surface area contributed by atoms with E-state index in [4.69, 9.17) is 39.6 Å². The van der Waals surface area contributed by atoms with E-state index in [1.54, 1.807) is 42.5 Å². The van der Waals surface area contributed by atoms with Crippen molar-refractivity contribution >= 4 is 58.5 Å². The van der Waals surface area contributed by atoms with Gasteiger partial charge in [0.05, 0.1) is 16.0 Å². The van der Waals surface area contributed by atoms with Crippen LogP contribution in [-0.4, -0.2) is 11.1 Å².